The summed E-state index contributed by atoms with van der Waals surface area (Å²) in [6.07, 6.45) is 0. The van der Waals surface area contributed by atoms with Crippen molar-refractivity contribution in [3.63, 3.8) is 0 Å². The van der Waals surface area contributed by atoms with Gasteiger partial charge in [-0.05, 0) is 5.56 Å². The summed E-state index contributed by atoms with van der Waals surface area (Å²) in [7, 11) is 0. The van der Waals surface area contributed by atoms with Crippen LogP contribution >= 0.6 is 11.8 Å². The van der Waals surface area contributed by atoms with Crippen LogP contribution in [0.3, 0.4) is 0 Å². The number of benzene rings is 1. The minimum absolute atomic E-state index is 0.0460. The van der Waals surface area contributed by atoms with E-state index in [2.05, 4.69) is 20.3 Å². The lowest BCUT2D eigenvalue weighted by molar-refractivity contribution is -0.118. The van der Waals surface area contributed by atoms with Crippen LogP contribution in [0.25, 0.3) is 0 Å². The molecule has 5 N–H and O–H groups in total. The first-order chi connectivity index (χ1) is 9.63. The molecule has 0 saturated heterocycles. The van der Waals surface area contributed by atoms with Gasteiger partial charge in [0.05, 0.1) is 5.75 Å². The first kappa shape index (κ1) is 14.1. The summed E-state index contributed by atoms with van der Waals surface area (Å²) in [6, 6.07) is 9.66. The average Bonchev–Trinajstić information content (AvgIpc) is 2.43. The Balaban J connectivity index is 1.80. The molecule has 0 fully saturated rings. The van der Waals surface area contributed by atoms with Gasteiger partial charge in [-0.1, -0.05) is 42.1 Å². The third kappa shape index (κ3) is 4.39. The van der Waals surface area contributed by atoms with Crippen LogP contribution in [0.4, 0.5) is 11.9 Å². The number of amides is 1. The highest BCUT2D eigenvalue weighted by Crippen LogP contribution is 2.13. The molecule has 1 aromatic heterocycles. The van der Waals surface area contributed by atoms with E-state index in [0.717, 1.165) is 17.3 Å². The molecule has 8 heteroatoms. The second kappa shape index (κ2) is 6.71. The SMILES string of the molecule is Nc1nc(N)nc(SCC(=O)NCc2ccccc2)n1. The summed E-state index contributed by atoms with van der Waals surface area (Å²) in [4.78, 5) is 23.1. The molecule has 0 saturated carbocycles. The molecule has 2 aromatic rings. The van der Waals surface area contributed by atoms with E-state index in [1.54, 1.807) is 0 Å². The summed E-state index contributed by atoms with van der Waals surface area (Å²) in [5.41, 5.74) is 11.9. The lowest BCUT2D eigenvalue weighted by Crippen LogP contribution is -2.24. The van der Waals surface area contributed by atoms with E-state index in [0.29, 0.717) is 11.7 Å². The topological polar surface area (TPSA) is 120 Å². The van der Waals surface area contributed by atoms with Gasteiger partial charge < -0.3 is 16.8 Å². The zero-order valence-electron chi connectivity index (χ0n) is 10.6. The van der Waals surface area contributed by atoms with Gasteiger partial charge in [0.2, 0.25) is 17.8 Å². The molecular formula is C12H14N6OS. The maximum absolute atomic E-state index is 11.7. The van der Waals surface area contributed by atoms with Gasteiger partial charge in [0.25, 0.3) is 0 Å². The summed E-state index contributed by atoms with van der Waals surface area (Å²) in [5.74, 6) is 0.168. The van der Waals surface area contributed by atoms with Crippen molar-refractivity contribution in [2.45, 2.75) is 11.7 Å². The predicted octanol–water partition coefficient (Wildman–Crippen LogP) is 0.444. The standard InChI is InChI=1S/C12H14N6OS/c13-10-16-11(14)18-12(17-10)20-7-9(19)15-6-8-4-2-1-3-5-8/h1-5H,6-7H2,(H,15,19)(H4,13,14,16,17,18). The normalized spacial score (nSPS) is 10.2. The number of nitrogens with one attached hydrogen (secondary N) is 1. The van der Waals surface area contributed by atoms with E-state index in [1.807, 2.05) is 30.3 Å². The minimum Gasteiger partial charge on any atom is -0.368 e. The van der Waals surface area contributed by atoms with Crippen molar-refractivity contribution in [3.05, 3.63) is 35.9 Å². The number of anilines is 2. The molecule has 1 heterocycles. The molecule has 0 aliphatic rings. The molecule has 1 aromatic carbocycles. The number of carbonyl (C=O) groups excluding carboxylic acids is 1. The molecule has 104 valence electrons. The number of rotatable bonds is 5. The van der Waals surface area contributed by atoms with Gasteiger partial charge in [-0.2, -0.15) is 15.0 Å². The van der Waals surface area contributed by atoms with Crippen LogP contribution in [0, 0.1) is 0 Å². The Hall–Kier alpha value is -2.35. The predicted molar refractivity (Wildman–Crippen MR) is 77.7 cm³/mol. The molecule has 20 heavy (non-hydrogen) atoms. The van der Waals surface area contributed by atoms with Crippen molar-refractivity contribution >= 4 is 29.6 Å². The van der Waals surface area contributed by atoms with Crippen molar-refractivity contribution in [1.29, 1.82) is 0 Å². The fraction of sp³-hybridized carbons (Fsp3) is 0.167. The number of aromatic nitrogens is 3. The Morgan fingerprint density at radius 1 is 1.10 bits per heavy atom. The molecule has 0 aliphatic carbocycles. The maximum Gasteiger partial charge on any atom is 0.230 e. The Morgan fingerprint density at radius 3 is 2.40 bits per heavy atom. The monoisotopic (exact) mass is 290 g/mol. The minimum atomic E-state index is -0.114. The maximum atomic E-state index is 11.7. The van der Waals surface area contributed by atoms with E-state index in [4.69, 9.17) is 11.5 Å². The molecule has 2 rings (SSSR count). The van der Waals surface area contributed by atoms with E-state index in [9.17, 15) is 4.79 Å². The second-order valence-corrected chi connectivity index (χ2v) is 4.83. The zero-order valence-corrected chi connectivity index (χ0v) is 11.4. The third-order valence-electron chi connectivity index (χ3n) is 2.31. The number of carbonyl (C=O) groups is 1. The molecule has 0 bridgehead atoms. The molecule has 0 atom stereocenters. The molecule has 0 unspecified atom stereocenters. The van der Waals surface area contributed by atoms with Crippen molar-refractivity contribution in [2.24, 2.45) is 0 Å². The van der Waals surface area contributed by atoms with Crippen LogP contribution < -0.4 is 16.8 Å². The number of hydrogen-bond donors (Lipinski definition) is 3. The van der Waals surface area contributed by atoms with Crippen LogP contribution in [-0.2, 0) is 11.3 Å². The molecule has 7 nitrogen and oxygen atoms in total. The van der Waals surface area contributed by atoms with Crippen LogP contribution in [0.15, 0.2) is 35.5 Å². The van der Waals surface area contributed by atoms with Crippen LogP contribution in [0.1, 0.15) is 5.56 Å². The largest absolute Gasteiger partial charge is 0.368 e. The van der Waals surface area contributed by atoms with E-state index in [1.165, 1.54) is 0 Å². The Labute approximate surface area is 120 Å². The van der Waals surface area contributed by atoms with Gasteiger partial charge >= 0.3 is 0 Å². The van der Waals surface area contributed by atoms with E-state index < -0.39 is 0 Å². The number of nitrogens with two attached hydrogens (primary N) is 2. The zero-order chi connectivity index (χ0) is 14.4. The first-order valence-corrected chi connectivity index (χ1v) is 6.82. The fourth-order valence-electron chi connectivity index (χ4n) is 1.43. The Morgan fingerprint density at radius 2 is 1.75 bits per heavy atom. The van der Waals surface area contributed by atoms with Crippen molar-refractivity contribution in [3.8, 4) is 0 Å². The third-order valence-corrected chi connectivity index (χ3v) is 3.16. The second-order valence-electron chi connectivity index (χ2n) is 3.89. The number of nitrogen functional groups attached to an aromatic ring is 2. The molecular weight excluding hydrogens is 276 g/mol. The molecule has 0 aliphatic heterocycles. The Kier molecular flexibility index (Phi) is 4.72. The van der Waals surface area contributed by atoms with Gasteiger partial charge in [-0.15, -0.1) is 0 Å². The number of hydrogen-bond acceptors (Lipinski definition) is 7. The van der Waals surface area contributed by atoms with Crippen molar-refractivity contribution in [1.82, 2.24) is 20.3 Å². The molecule has 1 amide bonds. The van der Waals surface area contributed by atoms with Crippen LogP contribution in [-0.4, -0.2) is 26.6 Å². The number of thioether (sulfide) groups is 1. The van der Waals surface area contributed by atoms with Crippen molar-refractivity contribution in [2.75, 3.05) is 17.2 Å². The lowest BCUT2D eigenvalue weighted by Gasteiger charge is -2.05. The highest BCUT2D eigenvalue weighted by atomic mass is 32.2. The summed E-state index contributed by atoms with van der Waals surface area (Å²) < 4.78 is 0. The molecule has 0 radical (unpaired) electrons. The highest BCUT2D eigenvalue weighted by molar-refractivity contribution is 7.99. The van der Waals surface area contributed by atoms with Gasteiger partial charge in [-0.3, -0.25) is 4.79 Å². The number of nitrogens with zero attached hydrogens (tertiary/aromatic N) is 3. The van der Waals surface area contributed by atoms with Gasteiger partial charge in [0.15, 0.2) is 5.16 Å². The molecule has 0 spiro atoms. The average molecular weight is 290 g/mol. The summed E-state index contributed by atoms with van der Waals surface area (Å²) in [6.45, 7) is 0.488. The lowest BCUT2D eigenvalue weighted by atomic mass is 10.2. The van der Waals surface area contributed by atoms with E-state index >= 15 is 0 Å². The van der Waals surface area contributed by atoms with Gasteiger partial charge in [0, 0.05) is 6.54 Å². The summed E-state index contributed by atoms with van der Waals surface area (Å²) in [5, 5.41) is 3.14. The summed E-state index contributed by atoms with van der Waals surface area (Å²) >= 11 is 1.16. The fourth-order valence-corrected chi connectivity index (χ4v) is 2.11. The smallest absolute Gasteiger partial charge is 0.230 e. The van der Waals surface area contributed by atoms with Gasteiger partial charge in [-0.25, -0.2) is 0 Å². The van der Waals surface area contributed by atoms with Crippen LogP contribution in [0.2, 0.25) is 0 Å². The highest BCUT2D eigenvalue weighted by Gasteiger charge is 2.07. The Bertz CT molecular complexity index is 572. The quantitative estimate of drug-likeness (QED) is 0.683. The van der Waals surface area contributed by atoms with Crippen molar-refractivity contribution < 1.29 is 4.79 Å². The first-order valence-electron chi connectivity index (χ1n) is 5.84. The van der Waals surface area contributed by atoms with E-state index in [-0.39, 0.29) is 23.6 Å². The van der Waals surface area contributed by atoms with Gasteiger partial charge in [0.1, 0.15) is 0 Å². The van der Waals surface area contributed by atoms with Crippen LogP contribution in [0.5, 0.6) is 0 Å².